The Hall–Kier alpha value is -2.41. The van der Waals surface area contributed by atoms with Crippen LogP contribution in [0.3, 0.4) is 0 Å². The molecule has 2 rings (SSSR count). The Bertz CT molecular complexity index is 743. The number of hydrogen-bond donors (Lipinski definition) is 0. The predicted octanol–water partition coefficient (Wildman–Crippen LogP) is 1.64. The van der Waals surface area contributed by atoms with Gasteiger partial charge in [0.25, 0.3) is 0 Å². The van der Waals surface area contributed by atoms with E-state index in [0.717, 1.165) is 24.2 Å². The number of likely N-dealkylation sites (tertiary alicyclic amines) is 1. The number of rotatable bonds is 8. The van der Waals surface area contributed by atoms with Crippen LogP contribution in [0.5, 0.6) is 0 Å². The van der Waals surface area contributed by atoms with Gasteiger partial charge >= 0.3 is 0 Å². The van der Waals surface area contributed by atoms with E-state index in [-0.39, 0.29) is 29.6 Å². The van der Waals surface area contributed by atoms with E-state index in [4.69, 9.17) is 0 Å². The molecule has 0 N–H and O–H groups in total. The van der Waals surface area contributed by atoms with Gasteiger partial charge in [-0.25, -0.2) is 0 Å². The number of hydrogen-bond acceptors (Lipinski definition) is 4. The van der Waals surface area contributed by atoms with Crippen molar-refractivity contribution in [1.82, 2.24) is 19.6 Å². The maximum atomic E-state index is 12.7. The van der Waals surface area contributed by atoms with Crippen LogP contribution in [0.2, 0.25) is 0 Å². The maximum Gasteiger partial charge on any atom is 0.236 e. The summed E-state index contributed by atoms with van der Waals surface area (Å²) in [5, 5.41) is 0. The van der Waals surface area contributed by atoms with Crippen LogP contribution in [0.25, 0.3) is 0 Å². The lowest BCUT2D eigenvalue weighted by Gasteiger charge is -2.23. The highest BCUT2D eigenvalue weighted by Crippen LogP contribution is 2.34. The standard InChI is InChI=1S/C23H36N4O3/c1-7-26(8-2)16-22(29)25(6)13-18-9-11-19(12-10-18)20-14-27(17(3)28)15-21(20)23(30)24(4)5/h9-12,20-21H,7-8,13-16H2,1-6H3/t20-,21+/m1/s1. The first-order valence-corrected chi connectivity index (χ1v) is 10.7. The number of carbonyl (C=O) groups is 3. The Kier molecular flexibility index (Phi) is 8.41. The zero-order chi connectivity index (χ0) is 22.4. The van der Waals surface area contributed by atoms with E-state index in [1.807, 2.05) is 31.3 Å². The second kappa shape index (κ2) is 10.6. The van der Waals surface area contributed by atoms with Gasteiger partial charge in [0, 0.05) is 53.6 Å². The molecule has 0 bridgehead atoms. The highest BCUT2D eigenvalue weighted by molar-refractivity contribution is 5.82. The fraction of sp³-hybridized carbons (Fsp3) is 0.609. The Morgan fingerprint density at radius 2 is 1.60 bits per heavy atom. The van der Waals surface area contributed by atoms with Crippen LogP contribution in [0.4, 0.5) is 0 Å². The van der Waals surface area contributed by atoms with E-state index in [1.54, 1.807) is 35.7 Å². The van der Waals surface area contributed by atoms with Crippen LogP contribution in [-0.4, -0.2) is 91.2 Å². The minimum Gasteiger partial charge on any atom is -0.349 e. The quantitative estimate of drug-likeness (QED) is 0.646. The van der Waals surface area contributed by atoms with Crippen molar-refractivity contribution in [2.75, 3.05) is 53.9 Å². The van der Waals surface area contributed by atoms with Crippen molar-refractivity contribution in [3.8, 4) is 0 Å². The summed E-state index contributed by atoms with van der Waals surface area (Å²) in [6.07, 6.45) is 0. The molecule has 1 heterocycles. The first kappa shape index (κ1) is 23.9. The predicted molar refractivity (Wildman–Crippen MR) is 118 cm³/mol. The van der Waals surface area contributed by atoms with Gasteiger partial charge in [-0.1, -0.05) is 38.1 Å². The van der Waals surface area contributed by atoms with Gasteiger partial charge in [-0.2, -0.15) is 0 Å². The van der Waals surface area contributed by atoms with Gasteiger partial charge in [0.15, 0.2) is 0 Å². The monoisotopic (exact) mass is 416 g/mol. The van der Waals surface area contributed by atoms with Gasteiger partial charge < -0.3 is 14.7 Å². The summed E-state index contributed by atoms with van der Waals surface area (Å²) in [7, 11) is 5.33. The van der Waals surface area contributed by atoms with Crippen molar-refractivity contribution >= 4 is 17.7 Å². The molecule has 1 fully saturated rings. The van der Waals surface area contributed by atoms with Gasteiger partial charge in [-0.15, -0.1) is 0 Å². The molecule has 7 nitrogen and oxygen atoms in total. The van der Waals surface area contributed by atoms with E-state index in [2.05, 4.69) is 18.7 Å². The van der Waals surface area contributed by atoms with E-state index >= 15 is 0 Å². The van der Waals surface area contributed by atoms with Crippen LogP contribution < -0.4 is 0 Å². The van der Waals surface area contributed by atoms with Crippen molar-refractivity contribution in [1.29, 1.82) is 0 Å². The Balaban J connectivity index is 2.08. The molecule has 166 valence electrons. The van der Waals surface area contributed by atoms with Gasteiger partial charge in [0.2, 0.25) is 17.7 Å². The van der Waals surface area contributed by atoms with Crippen molar-refractivity contribution in [2.45, 2.75) is 33.2 Å². The van der Waals surface area contributed by atoms with E-state index in [9.17, 15) is 14.4 Å². The summed E-state index contributed by atoms with van der Waals surface area (Å²) in [6.45, 7) is 9.37. The van der Waals surface area contributed by atoms with Crippen molar-refractivity contribution in [3.05, 3.63) is 35.4 Å². The van der Waals surface area contributed by atoms with Gasteiger partial charge in [0.1, 0.15) is 0 Å². The average molecular weight is 417 g/mol. The smallest absolute Gasteiger partial charge is 0.236 e. The minimum absolute atomic E-state index is 0.000911. The van der Waals surface area contributed by atoms with Gasteiger partial charge in [0.05, 0.1) is 12.5 Å². The summed E-state index contributed by atoms with van der Waals surface area (Å²) in [5.74, 6) is -0.0890. The van der Waals surface area contributed by atoms with Gasteiger partial charge in [-0.05, 0) is 24.2 Å². The SMILES string of the molecule is CCN(CC)CC(=O)N(C)Cc1ccc([C@H]2CN(C(C)=O)C[C@@H]2C(=O)N(C)C)cc1. The molecule has 1 aromatic rings. The molecule has 0 aliphatic carbocycles. The summed E-state index contributed by atoms with van der Waals surface area (Å²) in [4.78, 5) is 44.2. The zero-order valence-corrected chi connectivity index (χ0v) is 19.2. The summed E-state index contributed by atoms with van der Waals surface area (Å²) >= 11 is 0. The maximum absolute atomic E-state index is 12.7. The average Bonchev–Trinajstić information content (AvgIpc) is 3.17. The van der Waals surface area contributed by atoms with Gasteiger partial charge in [-0.3, -0.25) is 19.3 Å². The lowest BCUT2D eigenvalue weighted by atomic mass is 9.87. The lowest BCUT2D eigenvalue weighted by molar-refractivity contribution is -0.133. The number of benzene rings is 1. The molecule has 1 saturated heterocycles. The molecule has 0 radical (unpaired) electrons. The zero-order valence-electron chi connectivity index (χ0n) is 19.2. The first-order chi connectivity index (χ1) is 14.2. The molecular weight excluding hydrogens is 380 g/mol. The molecule has 1 aliphatic rings. The highest BCUT2D eigenvalue weighted by atomic mass is 16.2. The molecule has 7 heteroatoms. The third-order valence-electron chi connectivity index (χ3n) is 6.03. The van der Waals surface area contributed by atoms with Crippen LogP contribution in [0.1, 0.15) is 37.8 Å². The van der Waals surface area contributed by atoms with Crippen LogP contribution >= 0.6 is 0 Å². The van der Waals surface area contributed by atoms with E-state index < -0.39 is 0 Å². The molecule has 0 saturated carbocycles. The molecule has 2 atom stereocenters. The summed E-state index contributed by atoms with van der Waals surface area (Å²) in [6, 6.07) is 8.10. The topological polar surface area (TPSA) is 64.2 Å². The lowest BCUT2D eigenvalue weighted by Crippen LogP contribution is -2.37. The largest absolute Gasteiger partial charge is 0.349 e. The number of nitrogens with zero attached hydrogens (tertiary/aromatic N) is 4. The van der Waals surface area contributed by atoms with Crippen LogP contribution in [-0.2, 0) is 20.9 Å². The molecule has 1 aromatic carbocycles. The normalized spacial score (nSPS) is 18.6. The molecule has 3 amide bonds. The fourth-order valence-electron chi connectivity index (χ4n) is 3.97. The van der Waals surface area contributed by atoms with Crippen molar-refractivity contribution < 1.29 is 14.4 Å². The van der Waals surface area contributed by atoms with Crippen LogP contribution in [0, 0.1) is 5.92 Å². The first-order valence-electron chi connectivity index (χ1n) is 10.7. The van der Waals surface area contributed by atoms with E-state index in [1.165, 1.54) is 0 Å². The summed E-state index contributed by atoms with van der Waals surface area (Å²) in [5.41, 5.74) is 2.10. The molecule has 0 spiro atoms. The molecular formula is C23H36N4O3. The number of carbonyl (C=O) groups excluding carboxylic acids is 3. The Morgan fingerprint density at radius 3 is 2.10 bits per heavy atom. The Morgan fingerprint density at radius 1 is 1.00 bits per heavy atom. The third-order valence-corrected chi connectivity index (χ3v) is 6.03. The molecule has 1 aliphatic heterocycles. The second-order valence-corrected chi connectivity index (χ2v) is 8.32. The van der Waals surface area contributed by atoms with Crippen LogP contribution in [0.15, 0.2) is 24.3 Å². The molecule has 30 heavy (non-hydrogen) atoms. The van der Waals surface area contributed by atoms with Crippen molar-refractivity contribution in [3.63, 3.8) is 0 Å². The Labute approximate surface area is 180 Å². The second-order valence-electron chi connectivity index (χ2n) is 8.32. The van der Waals surface area contributed by atoms with E-state index in [0.29, 0.717) is 26.2 Å². The fourth-order valence-corrected chi connectivity index (χ4v) is 3.97. The number of likely N-dealkylation sites (N-methyl/N-ethyl adjacent to an activating group) is 2. The third kappa shape index (κ3) is 5.81. The molecule has 0 unspecified atom stereocenters. The highest BCUT2D eigenvalue weighted by Gasteiger charge is 2.40. The van der Waals surface area contributed by atoms with Crippen molar-refractivity contribution in [2.24, 2.45) is 5.92 Å². The minimum atomic E-state index is -0.229. The number of amides is 3. The summed E-state index contributed by atoms with van der Waals surface area (Å²) < 4.78 is 0. The molecule has 0 aromatic heterocycles.